The molecule has 1 aromatic heterocycles. The maximum absolute atomic E-state index is 11.9. The van der Waals surface area contributed by atoms with Crippen LogP contribution < -0.4 is 10.9 Å². The van der Waals surface area contributed by atoms with Gasteiger partial charge >= 0.3 is 0 Å². The first kappa shape index (κ1) is 16.2. The lowest BCUT2D eigenvalue weighted by atomic mass is 10.1. The molecule has 0 aliphatic carbocycles. The number of rotatable bonds is 8. The molecule has 1 atom stereocenters. The van der Waals surface area contributed by atoms with Crippen molar-refractivity contribution in [3.63, 3.8) is 0 Å². The van der Waals surface area contributed by atoms with Crippen molar-refractivity contribution in [3.05, 3.63) is 27.4 Å². The predicted octanol–water partition coefficient (Wildman–Crippen LogP) is 2.57. The van der Waals surface area contributed by atoms with Gasteiger partial charge in [-0.1, -0.05) is 6.42 Å². The molecule has 0 aliphatic heterocycles. The van der Waals surface area contributed by atoms with E-state index in [2.05, 4.69) is 21.5 Å². The van der Waals surface area contributed by atoms with Crippen molar-refractivity contribution in [2.75, 3.05) is 18.6 Å². The van der Waals surface area contributed by atoms with Crippen LogP contribution in [0, 0.1) is 13.8 Å². The molecule has 108 valence electrons. The highest BCUT2D eigenvalue weighted by molar-refractivity contribution is 7.98. The Kier molecular flexibility index (Phi) is 7.16. The number of aromatic amines is 1. The molecule has 1 unspecified atom stereocenters. The SMILES string of the molecule is CSCCCCCNC(C)c1c(C)nc(C)[nH]c1=O. The van der Waals surface area contributed by atoms with E-state index in [-0.39, 0.29) is 11.6 Å². The molecule has 0 saturated heterocycles. The minimum absolute atomic E-state index is 0.0209. The van der Waals surface area contributed by atoms with Gasteiger partial charge in [0.05, 0.1) is 5.56 Å². The van der Waals surface area contributed by atoms with Crippen molar-refractivity contribution in [3.8, 4) is 0 Å². The molecule has 0 aliphatic rings. The molecule has 1 aromatic rings. The van der Waals surface area contributed by atoms with Crippen LogP contribution in [0.15, 0.2) is 4.79 Å². The lowest BCUT2D eigenvalue weighted by Gasteiger charge is -2.15. The van der Waals surface area contributed by atoms with E-state index in [1.54, 1.807) is 0 Å². The van der Waals surface area contributed by atoms with E-state index < -0.39 is 0 Å². The van der Waals surface area contributed by atoms with Gasteiger partial charge in [0, 0.05) is 11.7 Å². The van der Waals surface area contributed by atoms with E-state index in [0.29, 0.717) is 5.82 Å². The predicted molar refractivity (Wildman–Crippen MR) is 83.0 cm³/mol. The van der Waals surface area contributed by atoms with Crippen LogP contribution in [-0.4, -0.2) is 28.5 Å². The van der Waals surface area contributed by atoms with Crippen LogP contribution in [0.3, 0.4) is 0 Å². The summed E-state index contributed by atoms with van der Waals surface area (Å²) >= 11 is 1.89. The summed E-state index contributed by atoms with van der Waals surface area (Å²) in [6.45, 7) is 6.68. The summed E-state index contributed by atoms with van der Waals surface area (Å²) in [7, 11) is 0. The summed E-state index contributed by atoms with van der Waals surface area (Å²) < 4.78 is 0. The average molecular weight is 283 g/mol. The molecule has 1 rings (SSSR count). The second-order valence-corrected chi connectivity index (χ2v) is 5.87. The third-order valence-electron chi connectivity index (χ3n) is 3.17. The summed E-state index contributed by atoms with van der Waals surface area (Å²) in [4.78, 5) is 19.0. The van der Waals surface area contributed by atoms with Crippen LogP contribution in [0.1, 0.15) is 49.3 Å². The maximum atomic E-state index is 11.9. The fourth-order valence-electron chi connectivity index (χ4n) is 2.21. The summed E-state index contributed by atoms with van der Waals surface area (Å²) in [5.41, 5.74) is 1.56. The Morgan fingerprint density at radius 1 is 1.32 bits per heavy atom. The van der Waals surface area contributed by atoms with Crippen LogP contribution >= 0.6 is 11.8 Å². The first-order chi connectivity index (χ1) is 9.06. The molecule has 2 N–H and O–H groups in total. The second kappa shape index (κ2) is 8.38. The Hall–Kier alpha value is -0.810. The van der Waals surface area contributed by atoms with Crippen LogP contribution in [0.5, 0.6) is 0 Å². The Morgan fingerprint density at radius 2 is 2.05 bits per heavy atom. The molecule has 1 heterocycles. The van der Waals surface area contributed by atoms with Gasteiger partial charge in [-0.05, 0) is 52.2 Å². The van der Waals surface area contributed by atoms with E-state index in [1.807, 2.05) is 32.5 Å². The first-order valence-corrected chi connectivity index (χ1v) is 8.25. The lowest BCUT2D eigenvalue weighted by Crippen LogP contribution is -2.28. The summed E-state index contributed by atoms with van der Waals surface area (Å²) in [6, 6.07) is 0.0531. The van der Waals surface area contributed by atoms with Crippen molar-refractivity contribution in [1.82, 2.24) is 15.3 Å². The Bertz CT molecular complexity index is 445. The number of hydrogen-bond donors (Lipinski definition) is 2. The van der Waals surface area contributed by atoms with E-state index in [0.717, 1.165) is 24.2 Å². The molecule has 0 amide bonds. The normalized spacial score (nSPS) is 12.6. The third-order valence-corrected chi connectivity index (χ3v) is 3.87. The fraction of sp³-hybridized carbons (Fsp3) is 0.714. The van der Waals surface area contributed by atoms with Crippen molar-refractivity contribution < 1.29 is 0 Å². The summed E-state index contributed by atoms with van der Waals surface area (Å²) in [6.07, 6.45) is 5.80. The number of nitrogens with one attached hydrogen (secondary N) is 2. The van der Waals surface area contributed by atoms with Crippen molar-refractivity contribution in [1.29, 1.82) is 0 Å². The Labute approximate surface area is 119 Å². The van der Waals surface area contributed by atoms with Crippen molar-refractivity contribution in [2.45, 2.75) is 46.1 Å². The standard InChI is InChI=1S/C14H25N3OS/c1-10(15-8-6-5-7-9-19-4)13-11(2)16-12(3)17-14(13)18/h10,15H,5-9H2,1-4H3,(H,16,17,18). The maximum Gasteiger partial charge on any atom is 0.255 e. The largest absolute Gasteiger partial charge is 0.310 e. The van der Waals surface area contributed by atoms with Gasteiger partial charge in [-0.15, -0.1) is 0 Å². The van der Waals surface area contributed by atoms with Gasteiger partial charge in [0.1, 0.15) is 5.82 Å². The molecule has 0 aromatic carbocycles. The van der Waals surface area contributed by atoms with E-state index in [4.69, 9.17) is 0 Å². The number of aromatic nitrogens is 2. The lowest BCUT2D eigenvalue weighted by molar-refractivity contribution is 0.536. The van der Waals surface area contributed by atoms with Gasteiger partial charge in [-0.3, -0.25) is 4.79 Å². The Morgan fingerprint density at radius 3 is 2.68 bits per heavy atom. The Balaban J connectivity index is 2.46. The molecular formula is C14H25N3OS. The fourth-order valence-corrected chi connectivity index (χ4v) is 2.71. The van der Waals surface area contributed by atoms with Crippen LogP contribution in [-0.2, 0) is 0 Å². The highest BCUT2D eigenvalue weighted by atomic mass is 32.2. The number of nitrogens with zero attached hydrogens (tertiary/aromatic N) is 1. The zero-order chi connectivity index (χ0) is 14.3. The molecule has 19 heavy (non-hydrogen) atoms. The quantitative estimate of drug-likeness (QED) is 0.720. The minimum Gasteiger partial charge on any atom is -0.310 e. The molecule has 4 nitrogen and oxygen atoms in total. The van der Waals surface area contributed by atoms with Gasteiger partial charge in [0.2, 0.25) is 0 Å². The second-order valence-electron chi connectivity index (χ2n) is 4.88. The average Bonchev–Trinajstić information content (AvgIpc) is 2.32. The van der Waals surface area contributed by atoms with Crippen molar-refractivity contribution in [2.24, 2.45) is 0 Å². The van der Waals surface area contributed by atoms with Crippen LogP contribution in [0.25, 0.3) is 0 Å². The molecule has 0 bridgehead atoms. The van der Waals surface area contributed by atoms with E-state index in [9.17, 15) is 4.79 Å². The number of aryl methyl sites for hydroxylation is 2. The molecule has 0 fully saturated rings. The molecule has 0 spiro atoms. The molecule has 0 saturated carbocycles. The molecular weight excluding hydrogens is 258 g/mol. The monoisotopic (exact) mass is 283 g/mol. The van der Waals surface area contributed by atoms with Gasteiger partial charge < -0.3 is 10.3 Å². The topological polar surface area (TPSA) is 57.8 Å². The zero-order valence-corrected chi connectivity index (χ0v) is 13.2. The number of H-pyrrole nitrogens is 1. The van der Waals surface area contributed by atoms with E-state index >= 15 is 0 Å². The highest BCUT2D eigenvalue weighted by Gasteiger charge is 2.13. The number of thioether (sulfide) groups is 1. The number of hydrogen-bond acceptors (Lipinski definition) is 4. The van der Waals surface area contributed by atoms with Crippen LogP contribution in [0.2, 0.25) is 0 Å². The highest BCUT2D eigenvalue weighted by Crippen LogP contribution is 2.11. The third kappa shape index (κ3) is 5.37. The minimum atomic E-state index is -0.0209. The summed E-state index contributed by atoms with van der Waals surface area (Å²) in [5, 5.41) is 3.41. The van der Waals surface area contributed by atoms with Gasteiger partial charge in [-0.25, -0.2) is 4.98 Å². The van der Waals surface area contributed by atoms with Gasteiger partial charge in [0.15, 0.2) is 0 Å². The van der Waals surface area contributed by atoms with Gasteiger partial charge in [0.25, 0.3) is 5.56 Å². The van der Waals surface area contributed by atoms with Crippen molar-refractivity contribution >= 4 is 11.8 Å². The molecule has 5 heteroatoms. The molecule has 0 radical (unpaired) electrons. The number of unbranched alkanes of at least 4 members (excludes halogenated alkanes) is 2. The van der Waals surface area contributed by atoms with Crippen LogP contribution in [0.4, 0.5) is 0 Å². The van der Waals surface area contributed by atoms with E-state index in [1.165, 1.54) is 18.6 Å². The zero-order valence-electron chi connectivity index (χ0n) is 12.4. The smallest absolute Gasteiger partial charge is 0.255 e. The van der Waals surface area contributed by atoms with Gasteiger partial charge in [-0.2, -0.15) is 11.8 Å². The first-order valence-electron chi connectivity index (χ1n) is 6.86. The summed E-state index contributed by atoms with van der Waals surface area (Å²) in [5.74, 6) is 1.91.